The predicted octanol–water partition coefficient (Wildman–Crippen LogP) is 4.13. The van der Waals surface area contributed by atoms with Crippen LogP contribution < -0.4 is 15.4 Å². The van der Waals surface area contributed by atoms with Crippen LogP contribution in [0.4, 0.5) is 5.69 Å². The molecule has 2 N–H and O–H groups in total. The molecule has 110 valence electrons. The minimum absolute atomic E-state index is 0.212. The highest BCUT2D eigenvalue weighted by Crippen LogP contribution is 2.17. The third-order valence-corrected chi connectivity index (χ3v) is 3.48. The lowest BCUT2D eigenvalue weighted by Crippen LogP contribution is -2.32. The van der Waals surface area contributed by atoms with Crippen LogP contribution in [0.3, 0.4) is 0 Å². The number of benzene rings is 2. The zero-order chi connectivity index (χ0) is 15.1. The van der Waals surface area contributed by atoms with Gasteiger partial charge in [0.1, 0.15) is 5.75 Å². The molecule has 0 saturated carbocycles. The van der Waals surface area contributed by atoms with E-state index in [1.54, 1.807) is 7.11 Å². The molecule has 0 saturated heterocycles. The largest absolute Gasteiger partial charge is 0.497 e. The number of methoxy groups -OCH3 is 1. The first kappa shape index (κ1) is 15.3. The van der Waals surface area contributed by atoms with E-state index < -0.39 is 0 Å². The van der Waals surface area contributed by atoms with Gasteiger partial charge in [-0.3, -0.25) is 0 Å². The molecule has 1 atom stereocenters. The highest BCUT2D eigenvalue weighted by atomic mass is 32.1. The Bertz CT molecular complexity index is 569. The standard InChI is InChI=1S/C17H20N2OS/c1-3-16(13-7-5-4-6-8-13)19-17(21)18-14-9-11-15(20-2)12-10-14/h4-12,16H,3H2,1-2H3,(H2,18,19,21)/t16-/m1/s1. The summed E-state index contributed by atoms with van der Waals surface area (Å²) in [7, 11) is 1.65. The third kappa shape index (κ3) is 4.46. The molecular weight excluding hydrogens is 280 g/mol. The van der Waals surface area contributed by atoms with Crippen LogP contribution in [-0.4, -0.2) is 12.2 Å². The van der Waals surface area contributed by atoms with Gasteiger partial charge in [0.25, 0.3) is 0 Å². The molecule has 2 aromatic rings. The summed E-state index contributed by atoms with van der Waals surface area (Å²) in [6.45, 7) is 2.14. The Kier molecular flexibility index (Phi) is 5.58. The summed E-state index contributed by atoms with van der Waals surface area (Å²) in [6.07, 6.45) is 0.967. The summed E-state index contributed by atoms with van der Waals surface area (Å²) in [4.78, 5) is 0. The third-order valence-electron chi connectivity index (χ3n) is 3.26. The molecule has 0 heterocycles. The van der Waals surface area contributed by atoms with Crippen molar-refractivity contribution in [2.24, 2.45) is 0 Å². The first-order valence-corrected chi connectivity index (χ1v) is 7.40. The number of ether oxygens (including phenoxy) is 1. The number of hydrogen-bond donors (Lipinski definition) is 2. The molecule has 0 bridgehead atoms. The summed E-state index contributed by atoms with van der Waals surface area (Å²) in [5.74, 6) is 0.829. The van der Waals surface area contributed by atoms with Crippen molar-refractivity contribution < 1.29 is 4.74 Å². The van der Waals surface area contributed by atoms with E-state index in [0.717, 1.165) is 17.9 Å². The van der Waals surface area contributed by atoms with E-state index in [1.165, 1.54) is 5.56 Å². The fourth-order valence-electron chi connectivity index (χ4n) is 2.11. The molecule has 0 aliphatic heterocycles. The number of thiocarbonyl (C=S) groups is 1. The average molecular weight is 300 g/mol. The molecule has 0 aliphatic rings. The van der Waals surface area contributed by atoms with E-state index in [4.69, 9.17) is 17.0 Å². The van der Waals surface area contributed by atoms with Gasteiger partial charge in [-0.15, -0.1) is 0 Å². The van der Waals surface area contributed by atoms with Crippen molar-refractivity contribution in [3.05, 3.63) is 60.2 Å². The van der Waals surface area contributed by atoms with Crippen LogP contribution in [0.15, 0.2) is 54.6 Å². The second-order valence-corrected chi connectivity index (χ2v) is 5.11. The fraction of sp³-hybridized carbons (Fsp3) is 0.235. The quantitative estimate of drug-likeness (QED) is 0.813. The Balaban J connectivity index is 1.96. The normalized spacial score (nSPS) is 11.5. The number of hydrogen-bond acceptors (Lipinski definition) is 2. The van der Waals surface area contributed by atoms with Crippen molar-refractivity contribution in [2.45, 2.75) is 19.4 Å². The molecule has 0 unspecified atom stereocenters. The van der Waals surface area contributed by atoms with Crippen molar-refractivity contribution in [3.63, 3.8) is 0 Å². The van der Waals surface area contributed by atoms with Gasteiger partial charge in [-0.25, -0.2) is 0 Å². The molecule has 0 aromatic heterocycles. The molecule has 0 aliphatic carbocycles. The maximum atomic E-state index is 5.39. The van der Waals surface area contributed by atoms with E-state index in [9.17, 15) is 0 Å². The SMILES string of the molecule is CC[C@@H](NC(=S)Nc1ccc(OC)cc1)c1ccccc1. The van der Waals surface area contributed by atoms with Gasteiger partial charge in [0.05, 0.1) is 13.2 Å². The van der Waals surface area contributed by atoms with E-state index in [-0.39, 0.29) is 6.04 Å². The van der Waals surface area contributed by atoms with Crippen molar-refractivity contribution in [1.82, 2.24) is 5.32 Å². The van der Waals surface area contributed by atoms with E-state index in [1.807, 2.05) is 42.5 Å². The zero-order valence-electron chi connectivity index (χ0n) is 12.3. The van der Waals surface area contributed by atoms with Crippen molar-refractivity contribution >= 4 is 23.0 Å². The topological polar surface area (TPSA) is 33.3 Å². The van der Waals surface area contributed by atoms with Gasteiger partial charge in [-0.2, -0.15) is 0 Å². The lowest BCUT2D eigenvalue weighted by molar-refractivity contribution is 0.415. The molecule has 0 spiro atoms. The first-order chi connectivity index (χ1) is 10.2. The van der Waals surface area contributed by atoms with Crippen LogP contribution in [0, 0.1) is 0 Å². The highest BCUT2D eigenvalue weighted by molar-refractivity contribution is 7.80. The van der Waals surface area contributed by atoms with Crippen molar-refractivity contribution in [2.75, 3.05) is 12.4 Å². The monoisotopic (exact) mass is 300 g/mol. The van der Waals surface area contributed by atoms with Gasteiger partial charge in [0.2, 0.25) is 0 Å². The van der Waals surface area contributed by atoms with Crippen LogP contribution in [0.5, 0.6) is 5.75 Å². The van der Waals surface area contributed by atoms with Gasteiger partial charge in [0, 0.05) is 5.69 Å². The molecule has 21 heavy (non-hydrogen) atoms. The number of anilines is 1. The Hall–Kier alpha value is -2.07. The molecular formula is C17H20N2OS. The van der Waals surface area contributed by atoms with Crippen LogP contribution in [-0.2, 0) is 0 Å². The summed E-state index contributed by atoms with van der Waals surface area (Å²) in [5, 5.41) is 7.16. The van der Waals surface area contributed by atoms with Gasteiger partial charge >= 0.3 is 0 Å². The second-order valence-electron chi connectivity index (χ2n) is 4.70. The van der Waals surface area contributed by atoms with E-state index in [2.05, 4.69) is 29.7 Å². The molecule has 2 rings (SSSR count). The summed E-state index contributed by atoms with van der Waals surface area (Å²) < 4.78 is 5.14. The molecule has 2 aromatic carbocycles. The fourth-order valence-corrected chi connectivity index (χ4v) is 2.37. The second kappa shape index (κ2) is 7.64. The first-order valence-electron chi connectivity index (χ1n) is 6.99. The maximum absolute atomic E-state index is 5.39. The van der Waals surface area contributed by atoms with E-state index >= 15 is 0 Å². The molecule has 3 nitrogen and oxygen atoms in total. The predicted molar refractivity (Wildman–Crippen MR) is 91.8 cm³/mol. The van der Waals surface area contributed by atoms with Crippen molar-refractivity contribution in [1.29, 1.82) is 0 Å². The van der Waals surface area contributed by atoms with Crippen LogP contribution in [0.25, 0.3) is 0 Å². The molecule has 0 radical (unpaired) electrons. The number of nitrogens with one attached hydrogen (secondary N) is 2. The van der Waals surface area contributed by atoms with Crippen LogP contribution in [0.1, 0.15) is 24.9 Å². The Labute approximate surface area is 131 Å². The molecule has 4 heteroatoms. The minimum atomic E-state index is 0.212. The van der Waals surface area contributed by atoms with Crippen molar-refractivity contribution in [3.8, 4) is 5.75 Å². The number of rotatable bonds is 5. The lowest BCUT2D eigenvalue weighted by Gasteiger charge is -2.20. The van der Waals surface area contributed by atoms with Gasteiger partial charge in [-0.1, -0.05) is 37.3 Å². The van der Waals surface area contributed by atoms with Gasteiger partial charge in [-0.05, 0) is 48.5 Å². The average Bonchev–Trinajstić information content (AvgIpc) is 2.54. The Morgan fingerprint density at radius 2 is 1.76 bits per heavy atom. The summed E-state index contributed by atoms with van der Waals surface area (Å²) >= 11 is 5.39. The maximum Gasteiger partial charge on any atom is 0.171 e. The van der Waals surface area contributed by atoms with Crippen LogP contribution in [0.2, 0.25) is 0 Å². The zero-order valence-corrected chi connectivity index (χ0v) is 13.1. The highest BCUT2D eigenvalue weighted by Gasteiger charge is 2.10. The summed E-state index contributed by atoms with van der Waals surface area (Å²) in [6, 6.07) is 18.2. The molecule has 0 fully saturated rings. The minimum Gasteiger partial charge on any atom is -0.497 e. The summed E-state index contributed by atoms with van der Waals surface area (Å²) in [5.41, 5.74) is 2.18. The van der Waals surface area contributed by atoms with Gasteiger partial charge < -0.3 is 15.4 Å². The van der Waals surface area contributed by atoms with E-state index in [0.29, 0.717) is 5.11 Å². The Morgan fingerprint density at radius 1 is 1.10 bits per heavy atom. The Morgan fingerprint density at radius 3 is 2.33 bits per heavy atom. The van der Waals surface area contributed by atoms with Crippen LogP contribution >= 0.6 is 12.2 Å². The lowest BCUT2D eigenvalue weighted by atomic mass is 10.1. The smallest absolute Gasteiger partial charge is 0.171 e. The molecule has 0 amide bonds. The van der Waals surface area contributed by atoms with Gasteiger partial charge in [0.15, 0.2) is 5.11 Å².